The number of benzene rings is 2. The number of carbonyl (C=O) groups is 1. The third kappa shape index (κ3) is 2.25. The van der Waals surface area contributed by atoms with Crippen LogP contribution >= 0.6 is 0 Å². The largest absolute Gasteiger partial charge is 0.423 e. The van der Waals surface area contributed by atoms with Crippen LogP contribution in [0.4, 0.5) is 0 Å². The minimum atomic E-state index is -0.302. The number of fused-ring (bicyclic) bond motifs is 1. The average molecular weight is 264 g/mol. The van der Waals surface area contributed by atoms with Crippen molar-refractivity contribution in [2.45, 2.75) is 19.3 Å². The van der Waals surface area contributed by atoms with Crippen LogP contribution in [0, 0.1) is 0 Å². The van der Waals surface area contributed by atoms with Crippen molar-refractivity contribution < 1.29 is 9.53 Å². The second-order valence-corrected chi connectivity index (χ2v) is 4.89. The van der Waals surface area contributed by atoms with Crippen LogP contribution < -0.4 is 0 Å². The van der Waals surface area contributed by atoms with E-state index in [0.717, 1.165) is 12.0 Å². The standard InChI is InChI=1S/C18H16O2/c1-2-13-12-17(16-11-7-6-10-15(13)16)20-18(19)14-8-4-3-5-9-14/h3-13H,2H2,1H3. The maximum absolute atomic E-state index is 12.1. The van der Waals surface area contributed by atoms with Crippen molar-refractivity contribution in [2.24, 2.45) is 0 Å². The van der Waals surface area contributed by atoms with Gasteiger partial charge in [0.15, 0.2) is 0 Å². The number of hydrogen-bond acceptors (Lipinski definition) is 2. The topological polar surface area (TPSA) is 26.3 Å². The normalized spacial score (nSPS) is 16.4. The van der Waals surface area contributed by atoms with E-state index in [1.807, 2.05) is 42.5 Å². The first kappa shape index (κ1) is 12.7. The van der Waals surface area contributed by atoms with Gasteiger partial charge in [-0.25, -0.2) is 4.79 Å². The Bertz CT molecular complexity index is 656. The van der Waals surface area contributed by atoms with Crippen LogP contribution in [0.1, 0.15) is 40.7 Å². The molecule has 0 amide bonds. The monoisotopic (exact) mass is 264 g/mol. The van der Waals surface area contributed by atoms with E-state index in [9.17, 15) is 4.79 Å². The smallest absolute Gasteiger partial charge is 0.343 e. The summed E-state index contributed by atoms with van der Waals surface area (Å²) in [5.41, 5.74) is 2.85. The Kier molecular flexibility index (Phi) is 3.38. The van der Waals surface area contributed by atoms with Crippen LogP contribution in [-0.2, 0) is 4.74 Å². The summed E-state index contributed by atoms with van der Waals surface area (Å²) in [6.07, 6.45) is 3.05. The zero-order chi connectivity index (χ0) is 13.9. The molecule has 3 rings (SSSR count). The van der Waals surface area contributed by atoms with Crippen molar-refractivity contribution in [3.05, 3.63) is 77.4 Å². The van der Waals surface area contributed by atoms with Crippen LogP contribution in [0.25, 0.3) is 5.76 Å². The highest BCUT2D eigenvalue weighted by Gasteiger charge is 2.24. The summed E-state index contributed by atoms with van der Waals surface area (Å²) in [5.74, 6) is 0.717. The van der Waals surface area contributed by atoms with Crippen molar-refractivity contribution >= 4 is 11.7 Å². The van der Waals surface area contributed by atoms with Gasteiger partial charge in [-0.05, 0) is 30.2 Å². The lowest BCUT2D eigenvalue weighted by molar-refractivity contribution is 0.0692. The molecule has 0 heterocycles. The quantitative estimate of drug-likeness (QED) is 0.768. The Morgan fingerprint density at radius 1 is 1.05 bits per heavy atom. The molecule has 0 spiro atoms. The van der Waals surface area contributed by atoms with Crippen molar-refractivity contribution in [2.75, 3.05) is 0 Å². The van der Waals surface area contributed by atoms with Gasteiger partial charge in [0.25, 0.3) is 0 Å². The summed E-state index contributed by atoms with van der Waals surface area (Å²) in [6, 6.07) is 17.2. The molecule has 0 N–H and O–H groups in total. The molecule has 0 bridgehead atoms. The molecule has 0 aliphatic heterocycles. The Labute approximate surface area is 118 Å². The summed E-state index contributed by atoms with van der Waals surface area (Å²) in [4.78, 5) is 12.1. The summed E-state index contributed by atoms with van der Waals surface area (Å²) < 4.78 is 5.58. The molecule has 100 valence electrons. The van der Waals surface area contributed by atoms with E-state index >= 15 is 0 Å². The second kappa shape index (κ2) is 5.33. The lowest BCUT2D eigenvalue weighted by Crippen LogP contribution is -2.03. The molecule has 2 aromatic carbocycles. The molecule has 1 aliphatic carbocycles. The van der Waals surface area contributed by atoms with Crippen LogP contribution in [0.5, 0.6) is 0 Å². The number of allylic oxidation sites excluding steroid dienone is 1. The average Bonchev–Trinajstić information content (AvgIpc) is 2.86. The van der Waals surface area contributed by atoms with Gasteiger partial charge in [0.05, 0.1) is 5.56 Å². The van der Waals surface area contributed by atoms with Gasteiger partial charge in [-0.15, -0.1) is 0 Å². The van der Waals surface area contributed by atoms with E-state index in [1.54, 1.807) is 12.1 Å². The van der Waals surface area contributed by atoms with Crippen molar-refractivity contribution in [3.8, 4) is 0 Å². The summed E-state index contributed by atoms with van der Waals surface area (Å²) in [5, 5.41) is 0. The number of ether oxygens (including phenoxy) is 1. The lowest BCUT2D eigenvalue weighted by atomic mass is 9.99. The zero-order valence-electron chi connectivity index (χ0n) is 11.4. The first-order valence-corrected chi connectivity index (χ1v) is 6.88. The van der Waals surface area contributed by atoms with Gasteiger partial charge in [0, 0.05) is 11.5 Å². The summed E-state index contributed by atoms with van der Waals surface area (Å²) >= 11 is 0. The third-order valence-corrected chi connectivity index (χ3v) is 3.63. The minimum absolute atomic E-state index is 0.302. The highest BCUT2D eigenvalue weighted by Crippen LogP contribution is 2.38. The molecule has 1 atom stereocenters. The predicted octanol–water partition coefficient (Wildman–Crippen LogP) is 4.39. The highest BCUT2D eigenvalue weighted by molar-refractivity contribution is 5.93. The van der Waals surface area contributed by atoms with Gasteiger partial charge >= 0.3 is 5.97 Å². The van der Waals surface area contributed by atoms with Crippen molar-refractivity contribution in [3.63, 3.8) is 0 Å². The van der Waals surface area contributed by atoms with E-state index in [4.69, 9.17) is 4.74 Å². The molecule has 0 radical (unpaired) electrons. The number of hydrogen-bond donors (Lipinski definition) is 0. The Hall–Kier alpha value is -2.35. The molecule has 0 saturated carbocycles. The molecule has 0 saturated heterocycles. The van der Waals surface area contributed by atoms with Gasteiger partial charge < -0.3 is 4.74 Å². The maximum Gasteiger partial charge on any atom is 0.343 e. The highest BCUT2D eigenvalue weighted by atomic mass is 16.5. The SMILES string of the molecule is CCC1C=C(OC(=O)c2ccccc2)c2ccccc21. The first-order chi connectivity index (χ1) is 9.79. The van der Waals surface area contributed by atoms with E-state index < -0.39 is 0 Å². The fourth-order valence-corrected chi connectivity index (χ4v) is 2.57. The van der Waals surface area contributed by atoms with Crippen molar-refractivity contribution in [1.82, 2.24) is 0 Å². The molecular formula is C18H16O2. The lowest BCUT2D eigenvalue weighted by Gasteiger charge is -2.07. The molecular weight excluding hydrogens is 248 g/mol. The molecule has 2 aromatic rings. The van der Waals surface area contributed by atoms with E-state index in [-0.39, 0.29) is 5.97 Å². The van der Waals surface area contributed by atoms with Crippen LogP contribution in [0.15, 0.2) is 60.7 Å². The first-order valence-electron chi connectivity index (χ1n) is 6.88. The van der Waals surface area contributed by atoms with E-state index in [2.05, 4.69) is 13.0 Å². The number of rotatable bonds is 3. The fourth-order valence-electron chi connectivity index (χ4n) is 2.57. The molecule has 2 heteroatoms. The maximum atomic E-state index is 12.1. The van der Waals surface area contributed by atoms with E-state index in [0.29, 0.717) is 17.2 Å². The molecule has 20 heavy (non-hydrogen) atoms. The minimum Gasteiger partial charge on any atom is -0.423 e. The Balaban J connectivity index is 1.87. The van der Waals surface area contributed by atoms with Crippen LogP contribution in [-0.4, -0.2) is 5.97 Å². The fraction of sp³-hybridized carbons (Fsp3) is 0.167. The molecule has 0 aromatic heterocycles. The van der Waals surface area contributed by atoms with Crippen molar-refractivity contribution in [1.29, 1.82) is 0 Å². The second-order valence-electron chi connectivity index (χ2n) is 4.89. The number of esters is 1. The Morgan fingerprint density at radius 2 is 1.75 bits per heavy atom. The van der Waals surface area contributed by atoms with Gasteiger partial charge in [-0.3, -0.25) is 0 Å². The van der Waals surface area contributed by atoms with Gasteiger partial charge in [0.1, 0.15) is 5.76 Å². The molecule has 0 fully saturated rings. The molecule has 2 nitrogen and oxygen atoms in total. The Morgan fingerprint density at radius 3 is 2.50 bits per heavy atom. The summed E-state index contributed by atoms with van der Waals surface area (Å²) in [6.45, 7) is 2.14. The van der Waals surface area contributed by atoms with Crippen LogP contribution in [0.2, 0.25) is 0 Å². The molecule has 1 unspecified atom stereocenters. The molecule has 1 aliphatic rings. The van der Waals surface area contributed by atoms with Gasteiger partial charge in [0.2, 0.25) is 0 Å². The van der Waals surface area contributed by atoms with Gasteiger partial charge in [-0.1, -0.05) is 49.4 Å². The summed E-state index contributed by atoms with van der Waals surface area (Å²) in [7, 11) is 0. The third-order valence-electron chi connectivity index (χ3n) is 3.63. The van der Waals surface area contributed by atoms with Gasteiger partial charge in [-0.2, -0.15) is 0 Å². The zero-order valence-corrected chi connectivity index (χ0v) is 11.4. The number of carbonyl (C=O) groups excluding carboxylic acids is 1. The van der Waals surface area contributed by atoms with E-state index in [1.165, 1.54) is 5.56 Å². The predicted molar refractivity (Wildman–Crippen MR) is 79.3 cm³/mol. The van der Waals surface area contributed by atoms with Crippen LogP contribution in [0.3, 0.4) is 0 Å².